The molecule has 2 rings (SSSR count). The molecule has 7 heteroatoms. The van der Waals surface area contributed by atoms with Gasteiger partial charge in [0.1, 0.15) is 0 Å². The Kier molecular flexibility index (Phi) is 4.80. The number of hydrogen-bond donors (Lipinski definition) is 1. The summed E-state index contributed by atoms with van der Waals surface area (Å²) in [5.74, 6) is 0. The summed E-state index contributed by atoms with van der Waals surface area (Å²) in [7, 11) is -3.59. The molecule has 0 aliphatic rings. The van der Waals surface area contributed by atoms with E-state index in [2.05, 4.69) is 25.6 Å². The molecule has 0 aliphatic carbocycles. The van der Waals surface area contributed by atoms with Gasteiger partial charge in [0.05, 0.1) is 22.2 Å². The highest BCUT2D eigenvalue weighted by Gasteiger charge is 2.15. The molecule has 0 saturated carbocycles. The van der Waals surface area contributed by atoms with Crippen LogP contribution in [0.15, 0.2) is 45.9 Å². The molecule has 1 N–H and O–H groups in total. The topological polar surface area (TPSA) is 59.1 Å². The fourth-order valence-corrected chi connectivity index (χ4v) is 3.26. The van der Waals surface area contributed by atoms with Gasteiger partial charge >= 0.3 is 0 Å². The van der Waals surface area contributed by atoms with Gasteiger partial charge in [-0.2, -0.15) is 0 Å². The summed E-state index contributed by atoms with van der Waals surface area (Å²) >= 11 is 9.06. The Bertz CT molecular complexity index is 735. The third kappa shape index (κ3) is 3.58. The van der Waals surface area contributed by atoms with E-state index in [9.17, 15) is 8.42 Å². The first-order chi connectivity index (χ1) is 9.40. The van der Waals surface area contributed by atoms with Gasteiger partial charge in [0.25, 0.3) is 0 Å². The molecule has 0 bridgehead atoms. The number of aromatic nitrogens is 1. The molecule has 0 fully saturated rings. The van der Waals surface area contributed by atoms with Gasteiger partial charge in [-0.25, -0.2) is 13.1 Å². The van der Waals surface area contributed by atoms with Crippen LogP contribution in [0, 0.1) is 6.92 Å². The number of rotatable bonds is 4. The van der Waals surface area contributed by atoms with Crippen LogP contribution in [0.3, 0.4) is 0 Å². The number of halogens is 2. The number of aryl methyl sites for hydroxylation is 1. The lowest BCUT2D eigenvalue weighted by Gasteiger charge is -2.08. The molecule has 106 valence electrons. The molecule has 0 atom stereocenters. The molecular formula is C13H12BrClN2O2S. The van der Waals surface area contributed by atoms with Gasteiger partial charge in [0, 0.05) is 10.7 Å². The van der Waals surface area contributed by atoms with Crippen LogP contribution in [0.4, 0.5) is 0 Å². The summed E-state index contributed by atoms with van der Waals surface area (Å²) in [6, 6.07) is 8.15. The van der Waals surface area contributed by atoms with Crippen LogP contribution in [0.2, 0.25) is 5.02 Å². The summed E-state index contributed by atoms with van der Waals surface area (Å²) in [6.07, 6.45) is 1.63. The number of nitrogens with one attached hydrogen (secondary N) is 1. The predicted molar refractivity (Wildman–Crippen MR) is 82.2 cm³/mol. The van der Waals surface area contributed by atoms with Gasteiger partial charge in [-0.1, -0.05) is 17.7 Å². The van der Waals surface area contributed by atoms with E-state index in [1.807, 2.05) is 19.1 Å². The molecule has 2 aromatic rings. The Morgan fingerprint density at radius 1 is 1.35 bits per heavy atom. The second-order valence-corrected chi connectivity index (χ2v) is 7.20. The summed E-state index contributed by atoms with van der Waals surface area (Å²) in [4.78, 5) is 4.30. The van der Waals surface area contributed by atoms with Crippen molar-refractivity contribution in [2.24, 2.45) is 0 Å². The van der Waals surface area contributed by atoms with Crippen LogP contribution in [-0.4, -0.2) is 13.4 Å². The van der Waals surface area contributed by atoms with Gasteiger partial charge in [-0.15, -0.1) is 0 Å². The maximum Gasteiger partial charge on any atom is 0.240 e. The van der Waals surface area contributed by atoms with E-state index in [0.29, 0.717) is 15.2 Å². The van der Waals surface area contributed by atoms with Gasteiger partial charge in [-0.05, 0) is 52.7 Å². The second-order valence-electron chi connectivity index (χ2n) is 4.17. The Balaban J connectivity index is 2.19. The highest BCUT2D eigenvalue weighted by Crippen LogP contribution is 2.25. The van der Waals surface area contributed by atoms with Crippen LogP contribution >= 0.6 is 27.5 Å². The normalized spacial score (nSPS) is 11.6. The van der Waals surface area contributed by atoms with E-state index in [0.717, 1.165) is 5.56 Å². The van der Waals surface area contributed by atoms with Crippen molar-refractivity contribution in [3.05, 3.63) is 57.3 Å². The molecule has 1 heterocycles. The van der Waals surface area contributed by atoms with Crippen LogP contribution < -0.4 is 4.72 Å². The van der Waals surface area contributed by atoms with Crippen LogP contribution in [0.25, 0.3) is 0 Å². The lowest BCUT2D eigenvalue weighted by molar-refractivity contribution is 0.580. The Morgan fingerprint density at radius 2 is 2.10 bits per heavy atom. The fraction of sp³-hybridized carbons (Fsp3) is 0.154. The van der Waals surface area contributed by atoms with Crippen LogP contribution in [0.5, 0.6) is 0 Å². The molecular weight excluding hydrogens is 364 g/mol. The zero-order valence-corrected chi connectivity index (χ0v) is 13.8. The SMILES string of the molecule is Cc1cccnc1CNS(=O)(=O)c1ccc(Cl)c(Br)c1. The van der Waals surface area contributed by atoms with E-state index in [1.54, 1.807) is 6.20 Å². The van der Waals surface area contributed by atoms with E-state index in [4.69, 9.17) is 11.6 Å². The van der Waals surface area contributed by atoms with Crippen LogP contribution in [0.1, 0.15) is 11.3 Å². The summed E-state index contributed by atoms with van der Waals surface area (Å²) < 4.78 is 27.4. The Morgan fingerprint density at radius 3 is 2.75 bits per heavy atom. The summed E-state index contributed by atoms with van der Waals surface area (Å²) in [5, 5.41) is 0.463. The predicted octanol–water partition coefficient (Wildman–Crippen LogP) is 3.28. The molecule has 20 heavy (non-hydrogen) atoms. The average Bonchev–Trinajstić information content (AvgIpc) is 2.41. The smallest absolute Gasteiger partial charge is 0.240 e. The fourth-order valence-electron chi connectivity index (χ4n) is 1.59. The van der Waals surface area contributed by atoms with Crippen molar-refractivity contribution in [3.63, 3.8) is 0 Å². The van der Waals surface area contributed by atoms with E-state index >= 15 is 0 Å². The van der Waals surface area contributed by atoms with Gasteiger partial charge < -0.3 is 0 Å². The Labute approximate surface area is 131 Å². The number of benzene rings is 1. The van der Waals surface area contributed by atoms with Crippen molar-refractivity contribution in [2.75, 3.05) is 0 Å². The maximum atomic E-state index is 12.2. The average molecular weight is 376 g/mol. The standard InChI is InChI=1S/C13H12BrClN2O2S/c1-9-3-2-6-16-13(9)8-17-20(18,19)10-4-5-12(15)11(14)7-10/h2-7,17H,8H2,1H3. The van der Waals surface area contributed by atoms with Crippen molar-refractivity contribution >= 4 is 37.6 Å². The lowest BCUT2D eigenvalue weighted by atomic mass is 10.2. The number of hydrogen-bond acceptors (Lipinski definition) is 3. The largest absolute Gasteiger partial charge is 0.260 e. The molecule has 4 nitrogen and oxygen atoms in total. The number of sulfonamides is 1. The minimum absolute atomic E-state index is 0.148. The van der Waals surface area contributed by atoms with Gasteiger partial charge in [-0.3, -0.25) is 4.98 Å². The maximum absolute atomic E-state index is 12.2. The van der Waals surface area contributed by atoms with Crippen molar-refractivity contribution < 1.29 is 8.42 Å². The number of pyridine rings is 1. The Hall–Kier alpha value is -0.950. The minimum atomic E-state index is -3.59. The molecule has 0 aliphatic heterocycles. The molecule has 1 aromatic heterocycles. The zero-order chi connectivity index (χ0) is 14.8. The van der Waals surface area contributed by atoms with Crippen molar-refractivity contribution in [2.45, 2.75) is 18.4 Å². The lowest BCUT2D eigenvalue weighted by Crippen LogP contribution is -2.24. The van der Waals surface area contributed by atoms with Gasteiger partial charge in [0.2, 0.25) is 10.0 Å². The minimum Gasteiger partial charge on any atom is -0.260 e. The third-order valence-electron chi connectivity index (χ3n) is 2.75. The molecule has 0 spiro atoms. The van der Waals surface area contributed by atoms with Crippen LogP contribution in [-0.2, 0) is 16.6 Å². The van der Waals surface area contributed by atoms with Gasteiger partial charge in [0.15, 0.2) is 0 Å². The molecule has 0 unspecified atom stereocenters. The third-order valence-corrected chi connectivity index (χ3v) is 5.36. The highest BCUT2D eigenvalue weighted by molar-refractivity contribution is 9.10. The van der Waals surface area contributed by atoms with E-state index < -0.39 is 10.0 Å². The quantitative estimate of drug-likeness (QED) is 0.892. The van der Waals surface area contributed by atoms with Crippen molar-refractivity contribution in [1.29, 1.82) is 0 Å². The monoisotopic (exact) mass is 374 g/mol. The number of nitrogens with zero attached hydrogens (tertiary/aromatic N) is 1. The van der Waals surface area contributed by atoms with E-state index in [1.165, 1.54) is 18.2 Å². The molecule has 1 aromatic carbocycles. The highest BCUT2D eigenvalue weighted by atomic mass is 79.9. The van der Waals surface area contributed by atoms with E-state index in [-0.39, 0.29) is 11.4 Å². The first-order valence-electron chi connectivity index (χ1n) is 5.75. The molecule has 0 radical (unpaired) electrons. The van der Waals surface area contributed by atoms with Crippen molar-refractivity contribution in [1.82, 2.24) is 9.71 Å². The summed E-state index contributed by atoms with van der Waals surface area (Å²) in [6.45, 7) is 2.03. The zero-order valence-electron chi connectivity index (χ0n) is 10.6. The second kappa shape index (κ2) is 6.22. The first kappa shape index (κ1) is 15.4. The summed E-state index contributed by atoms with van der Waals surface area (Å²) in [5.41, 5.74) is 1.64. The molecule has 0 saturated heterocycles. The first-order valence-corrected chi connectivity index (χ1v) is 8.41. The van der Waals surface area contributed by atoms with Crippen molar-refractivity contribution in [3.8, 4) is 0 Å². The molecule has 0 amide bonds.